The molecular weight excluding hydrogens is 330 g/mol. The van der Waals surface area contributed by atoms with Crippen LogP contribution in [0.5, 0.6) is 0 Å². The summed E-state index contributed by atoms with van der Waals surface area (Å²) in [6.45, 7) is 0.557. The smallest absolute Gasteiger partial charge is 0.195 e. The predicted octanol–water partition coefficient (Wildman–Crippen LogP) is 4.48. The summed E-state index contributed by atoms with van der Waals surface area (Å²) in [5.41, 5.74) is 9.93. The van der Waals surface area contributed by atoms with Gasteiger partial charge >= 0.3 is 0 Å². The SMILES string of the molecule is NCCc1c(-c2ccc(Cl)cc2)nc2scc(-c3ccco3)n12. The van der Waals surface area contributed by atoms with Gasteiger partial charge in [0.15, 0.2) is 10.7 Å². The summed E-state index contributed by atoms with van der Waals surface area (Å²) in [5, 5.41) is 2.78. The first-order chi connectivity index (χ1) is 11.3. The van der Waals surface area contributed by atoms with E-state index in [0.717, 1.165) is 39.8 Å². The second-order valence-corrected chi connectivity index (χ2v) is 6.44. The maximum atomic E-state index is 5.99. The van der Waals surface area contributed by atoms with E-state index in [2.05, 4.69) is 9.78 Å². The summed E-state index contributed by atoms with van der Waals surface area (Å²) in [4.78, 5) is 5.74. The van der Waals surface area contributed by atoms with Crippen LogP contribution >= 0.6 is 22.9 Å². The Balaban J connectivity index is 1.95. The molecule has 116 valence electrons. The van der Waals surface area contributed by atoms with Crippen LogP contribution in [0.3, 0.4) is 0 Å². The van der Waals surface area contributed by atoms with E-state index in [-0.39, 0.29) is 0 Å². The fraction of sp³-hybridized carbons (Fsp3) is 0.118. The lowest BCUT2D eigenvalue weighted by atomic mass is 10.1. The van der Waals surface area contributed by atoms with Crippen molar-refractivity contribution >= 4 is 27.9 Å². The van der Waals surface area contributed by atoms with E-state index in [0.29, 0.717) is 11.6 Å². The molecule has 0 amide bonds. The topological polar surface area (TPSA) is 56.5 Å². The highest BCUT2D eigenvalue weighted by atomic mass is 35.5. The fourth-order valence-electron chi connectivity index (χ4n) is 2.72. The van der Waals surface area contributed by atoms with Gasteiger partial charge in [-0.2, -0.15) is 0 Å². The van der Waals surface area contributed by atoms with Gasteiger partial charge in [-0.3, -0.25) is 4.40 Å². The van der Waals surface area contributed by atoms with Crippen LogP contribution in [0.25, 0.3) is 27.7 Å². The Morgan fingerprint density at radius 2 is 2.04 bits per heavy atom. The lowest BCUT2D eigenvalue weighted by Gasteiger charge is -2.05. The van der Waals surface area contributed by atoms with Gasteiger partial charge < -0.3 is 10.2 Å². The van der Waals surface area contributed by atoms with Crippen LogP contribution in [0.15, 0.2) is 52.5 Å². The molecule has 0 aliphatic carbocycles. The quantitative estimate of drug-likeness (QED) is 0.594. The zero-order valence-corrected chi connectivity index (χ0v) is 13.8. The Morgan fingerprint density at radius 3 is 2.74 bits per heavy atom. The van der Waals surface area contributed by atoms with E-state index in [1.165, 1.54) is 0 Å². The summed E-state index contributed by atoms with van der Waals surface area (Å²) in [5.74, 6) is 0.828. The molecule has 0 fully saturated rings. The van der Waals surface area contributed by atoms with Crippen molar-refractivity contribution in [1.82, 2.24) is 9.38 Å². The molecule has 4 nitrogen and oxygen atoms in total. The van der Waals surface area contributed by atoms with Crippen molar-refractivity contribution < 1.29 is 4.42 Å². The molecule has 0 spiro atoms. The van der Waals surface area contributed by atoms with Crippen molar-refractivity contribution in [3.8, 4) is 22.7 Å². The first-order valence-corrected chi connectivity index (χ1v) is 8.52. The van der Waals surface area contributed by atoms with Gasteiger partial charge in [0.05, 0.1) is 17.7 Å². The minimum atomic E-state index is 0.557. The minimum absolute atomic E-state index is 0.557. The Hall–Kier alpha value is -2.08. The Kier molecular flexibility index (Phi) is 3.69. The van der Waals surface area contributed by atoms with Gasteiger partial charge in [0, 0.05) is 22.4 Å². The zero-order valence-electron chi connectivity index (χ0n) is 12.2. The number of rotatable bonds is 4. The van der Waals surface area contributed by atoms with Crippen LogP contribution < -0.4 is 5.73 Å². The summed E-state index contributed by atoms with van der Waals surface area (Å²) < 4.78 is 7.70. The highest BCUT2D eigenvalue weighted by molar-refractivity contribution is 7.15. The third kappa shape index (κ3) is 2.47. The molecule has 0 aliphatic rings. The van der Waals surface area contributed by atoms with E-state index in [1.54, 1.807) is 17.6 Å². The molecular formula is C17H14ClN3OS. The summed E-state index contributed by atoms with van der Waals surface area (Å²) in [6.07, 6.45) is 2.42. The van der Waals surface area contributed by atoms with Crippen LogP contribution in [0, 0.1) is 0 Å². The molecule has 0 unspecified atom stereocenters. The van der Waals surface area contributed by atoms with E-state index in [4.69, 9.17) is 26.7 Å². The van der Waals surface area contributed by atoms with E-state index >= 15 is 0 Å². The van der Waals surface area contributed by atoms with Gasteiger partial charge in [-0.15, -0.1) is 11.3 Å². The molecule has 0 saturated carbocycles. The molecule has 0 atom stereocenters. The fourth-order valence-corrected chi connectivity index (χ4v) is 3.74. The number of hydrogen-bond acceptors (Lipinski definition) is 4. The van der Waals surface area contributed by atoms with E-state index < -0.39 is 0 Å². The van der Waals surface area contributed by atoms with Crippen molar-refractivity contribution in [2.45, 2.75) is 6.42 Å². The number of hydrogen-bond donors (Lipinski definition) is 1. The van der Waals surface area contributed by atoms with Gasteiger partial charge in [0.1, 0.15) is 5.69 Å². The zero-order chi connectivity index (χ0) is 15.8. The molecule has 3 heterocycles. The molecule has 23 heavy (non-hydrogen) atoms. The van der Waals surface area contributed by atoms with Crippen molar-refractivity contribution in [3.63, 3.8) is 0 Å². The Morgan fingerprint density at radius 1 is 1.22 bits per heavy atom. The van der Waals surface area contributed by atoms with Crippen molar-refractivity contribution in [2.75, 3.05) is 6.54 Å². The third-order valence-corrected chi connectivity index (χ3v) is 4.81. The van der Waals surface area contributed by atoms with Crippen molar-refractivity contribution in [3.05, 3.63) is 58.8 Å². The highest BCUT2D eigenvalue weighted by Gasteiger charge is 2.19. The molecule has 3 aromatic heterocycles. The van der Waals surface area contributed by atoms with Gasteiger partial charge in [-0.05, 0) is 30.8 Å². The lowest BCUT2D eigenvalue weighted by Crippen LogP contribution is -2.06. The molecule has 0 radical (unpaired) electrons. The van der Waals surface area contributed by atoms with Gasteiger partial charge in [-0.25, -0.2) is 4.98 Å². The van der Waals surface area contributed by atoms with Crippen LogP contribution in [0.4, 0.5) is 0 Å². The largest absolute Gasteiger partial charge is 0.463 e. The second kappa shape index (κ2) is 5.85. The van der Waals surface area contributed by atoms with Crippen LogP contribution in [0.2, 0.25) is 5.02 Å². The Bertz CT molecular complexity index is 938. The predicted molar refractivity (Wildman–Crippen MR) is 94.0 cm³/mol. The molecule has 2 N–H and O–H groups in total. The maximum Gasteiger partial charge on any atom is 0.195 e. The van der Waals surface area contributed by atoms with Gasteiger partial charge in [-0.1, -0.05) is 23.7 Å². The average Bonchev–Trinajstić information content (AvgIpc) is 3.26. The number of nitrogens with two attached hydrogens (primary N) is 1. The maximum absolute atomic E-state index is 5.99. The lowest BCUT2D eigenvalue weighted by molar-refractivity contribution is 0.579. The number of thiazole rings is 1. The van der Waals surface area contributed by atoms with Crippen LogP contribution in [0.1, 0.15) is 5.69 Å². The summed E-state index contributed by atoms with van der Waals surface area (Å²) in [7, 11) is 0. The Labute approximate surface area is 142 Å². The second-order valence-electron chi connectivity index (χ2n) is 5.17. The van der Waals surface area contributed by atoms with E-state index in [1.807, 2.05) is 36.4 Å². The first-order valence-electron chi connectivity index (χ1n) is 7.26. The van der Waals surface area contributed by atoms with Crippen LogP contribution in [-0.4, -0.2) is 15.9 Å². The summed E-state index contributed by atoms with van der Waals surface area (Å²) >= 11 is 7.59. The summed E-state index contributed by atoms with van der Waals surface area (Å²) in [6, 6.07) is 11.6. The number of imidazole rings is 1. The first kappa shape index (κ1) is 14.5. The number of nitrogens with zero attached hydrogens (tertiary/aromatic N) is 2. The standard InChI is InChI=1S/C17H14ClN3OS/c18-12-5-3-11(4-6-12)16-13(7-8-19)21-14(10-23-17(21)20-16)15-2-1-9-22-15/h1-6,9-10H,7-8,19H2. The molecule has 4 rings (SSSR count). The highest BCUT2D eigenvalue weighted by Crippen LogP contribution is 2.33. The molecule has 6 heteroatoms. The molecule has 4 aromatic rings. The van der Waals surface area contributed by atoms with Crippen LogP contribution in [-0.2, 0) is 6.42 Å². The molecule has 1 aromatic carbocycles. The van der Waals surface area contributed by atoms with Gasteiger partial charge in [0.2, 0.25) is 0 Å². The molecule has 0 bridgehead atoms. The van der Waals surface area contributed by atoms with Gasteiger partial charge in [0.25, 0.3) is 0 Å². The minimum Gasteiger partial charge on any atom is -0.463 e. The monoisotopic (exact) mass is 343 g/mol. The normalized spacial score (nSPS) is 11.4. The van der Waals surface area contributed by atoms with Crippen molar-refractivity contribution in [2.24, 2.45) is 5.73 Å². The number of furan rings is 1. The molecule has 0 aliphatic heterocycles. The number of halogens is 1. The average molecular weight is 344 g/mol. The molecule has 0 saturated heterocycles. The number of benzene rings is 1. The number of aromatic nitrogens is 2. The van der Waals surface area contributed by atoms with E-state index in [9.17, 15) is 0 Å². The van der Waals surface area contributed by atoms with Crippen molar-refractivity contribution in [1.29, 1.82) is 0 Å². The number of fused-ring (bicyclic) bond motifs is 1. The third-order valence-electron chi connectivity index (χ3n) is 3.73.